The van der Waals surface area contributed by atoms with Crippen molar-refractivity contribution in [3.05, 3.63) is 57.0 Å². The summed E-state index contributed by atoms with van der Waals surface area (Å²) in [6, 6.07) is 9.93. The van der Waals surface area contributed by atoms with Crippen LogP contribution in [0.5, 0.6) is 0 Å². The Bertz CT molecular complexity index is 760. The van der Waals surface area contributed by atoms with Crippen LogP contribution in [0.1, 0.15) is 11.1 Å². The van der Waals surface area contributed by atoms with Crippen molar-refractivity contribution in [1.82, 2.24) is 0 Å². The zero-order chi connectivity index (χ0) is 14.9. The Kier molecular flexibility index (Phi) is 4.42. The first kappa shape index (κ1) is 15.4. The van der Waals surface area contributed by atoms with Crippen LogP contribution in [0.3, 0.4) is 0 Å². The van der Waals surface area contributed by atoms with Gasteiger partial charge in [0.2, 0.25) is 0 Å². The molecule has 0 aliphatic rings. The van der Waals surface area contributed by atoms with Gasteiger partial charge in [-0.05, 0) is 48.4 Å². The molecule has 0 amide bonds. The molecule has 0 aromatic heterocycles. The summed E-state index contributed by atoms with van der Waals surface area (Å²) in [6.07, 6.45) is 0. The maximum atomic E-state index is 12.5. The third-order valence-electron chi connectivity index (χ3n) is 2.89. The molecule has 0 heterocycles. The van der Waals surface area contributed by atoms with E-state index in [0.717, 1.165) is 4.47 Å². The lowest BCUT2D eigenvalue weighted by atomic mass is 10.2. The molecule has 2 N–H and O–H groups in total. The normalized spacial score (nSPS) is 11.6. The number of hydrogen-bond acceptors (Lipinski definition) is 3. The SMILES string of the molecule is Cc1cc(N)ccc1S(=O)(=O)Cc1ccc(Br)cc1Cl. The quantitative estimate of drug-likeness (QED) is 0.827. The molecule has 0 bridgehead atoms. The van der Waals surface area contributed by atoms with Gasteiger partial charge >= 0.3 is 0 Å². The molecule has 2 aromatic rings. The highest BCUT2D eigenvalue weighted by Crippen LogP contribution is 2.27. The fourth-order valence-electron chi connectivity index (χ4n) is 1.94. The van der Waals surface area contributed by atoms with Crippen molar-refractivity contribution in [2.45, 2.75) is 17.6 Å². The highest BCUT2D eigenvalue weighted by atomic mass is 79.9. The lowest BCUT2D eigenvalue weighted by Crippen LogP contribution is -2.07. The van der Waals surface area contributed by atoms with Gasteiger partial charge in [-0.15, -0.1) is 0 Å². The lowest BCUT2D eigenvalue weighted by Gasteiger charge is -2.10. The average Bonchev–Trinajstić information content (AvgIpc) is 2.32. The smallest absolute Gasteiger partial charge is 0.182 e. The number of nitrogens with two attached hydrogens (primary N) is 1. The predicted molar refractivity (Wildman–Crippen MR) is 85.6 cm³/mol. The van der Waals surface area contributed by atoms with Crippen molar-refractivity contribution < 1.29 is 8.42 Å². The summed E-state index contributed by atoms with van der Waals surface area (Å²) < 4.78 is 25.7. The summed E-state index contributed by atoms with van der Waals surface area (Å²) in [5.41, 5.74) is 7.40. The van der Waals surface area contributed by atoms with Gasteiger partial charge in [0.15, 0.2) is 9.84 Å². The second-order valence-electron chi connectivity index (χ2n) is 4.52. The minimum absolute atomic E-state index is 0.135. The summed E-state index contributed by atoms with van der Waals surface area (Å²) in [4.78, 5) is 0.283. The Morgan fingerprint density at radius 3 is 2.50 bits per heavy atom. The van der Waals surface area contributed by atoms with E-state index in [1.54, 1.807) is 37.3 Å². The zero-order valence-corrected chi connectivity index (χ0v) is 13.9. The monoisotopic (exact) mass is 373 g/mol. The Morgan fingerprint density at radius 1 is 1.20 bits per heavy atom. The van der Waals surface area contributed by atoms with Crippen LogP contribution in [0, 0.1) is 6.92 Å². The standard InChI is InChI=1S/C14H13BrClNO2S/c1-9-6-12(17)4-5-14(9)20(18,19)8-10-2-3-11(15)7-13(10)16/h2-7H,8,17H2,1H3. The van der Waals surface area contributed by atoms with Crippen molar-refractivity contribution in [2.75, 3.05) is 5.73 Å². The highest BCUT2D eigenvalue weighted by Gasteiger charge is 2.19. The van der Waals surface area contributed by atoms with Crippen LogP contribution in [0.4, 0.5) is 5.69 Å². The molecule has 6 heteroatoms. The fourth-order valence-corrected chi connectivity index (χ4v) is 4.40. The first-order chi connectivity index (χ1) is 9.29. The molecule has 0 fully saturated rings. The summed E-state index contributed by atoms with van der Waals surface area (Å²) in [6.45, 7) is 1.73. The van der Waals surface area contributed by atoms with E-state index >= 15 is 0 Å². The molecule has 0 atom stereocenters. The van der Waals surface area contributed by atoms with Gasteiger partial charge in [-0.25, -0.2) is 8.42 Å². The van der Waals surface area contributed by atoms with Crippen LogP contribution in [0.25, 0.3) is 0 Å². The molecule has 2 aromatic carbocycles. The number of hydrogen-bond donors (Lipinski definition) is 1. The molecule has 0 unspecified atom stereocenters. The van der Waals surface area contributed by atoms with E-state index in [9.17, 15) is 8.42 Å². The van der Waals surface area contributed by atoms with Gasteiger partial charge < -0.3 is 5.73 Å². The van der Waals surface area contributed by atoms with E-state index in [4.69, 9.17) is 17.3 Å². The second kappa shape index (κ2) is 5.76. The van der Waals surface area contributed by atoms with Gasteiger partial charge in [0.25, 0.3) is 0 Å². The first-order valence-corrected chi connectivity index (χ1v) is 8.65. The molecule has 3 nitrogen and oxygen atoms in total. The minimum atomic E-state index is -3.45. The molecular formula is C14H13BrClNO2S. The Morgan fingerprint density at radius 2 is 1.90 bits per heavy atom. The summed E-state index contributed by atoms with van der Waals surface area (Å²) in [7, 11) is -3.45. The van der Waals surface area contributed by atoms with Gasteiger partial charge in [-0.3, -0.25) is 0 Å². The molecule has 106 valence electrons. The van der Waals surface area contributed by atoms with E-state index in [0.29, 0.717) is 21.8 Å². The van der Waals surface area contributed by atoms with Crippen LogP contribution in [0.15, 0.2) is 45.8 Å². The summed E-state index contributed by atoms with van der Waals surface area (Å²) >= 11 is 9.37. The van der Waals surface area contributed by atoms with Crippen LogP contribution in [-0.4, -0.2) is 8.42 Å². The Labute approximate surface area is 131 Å². The van der Waals surface area contributed by atoms with Gasteiger partial charge in [0, 0.05) is 15.2 Å². The largest absolute Gasteiger partial charge is 0.399 e. The van der Waals surface area contributed by atoms with E-state index in [2.05, 4.69) is 15.9 Å². The maximum absolute atomic E-state index is 12.5. The van der Waals surface area contributed by atoms with E-state index < -0.39 is 9.84 Å². The number of rotatable bonds is 3. The number of nitrogen functional groups attached to an aromatic ring is 1. The van der Waals surface area contributed by atoms with Gasteiger partial charge in [0.05, 0.1) is 10.6 Å². The van der Waals surface area contributed by atoms with Crippen molar-refractivity contribution in [1.29, 1.82) is 0 Å². The van der Waals surface area contributed by atoms with E-state index in [-0.39, 0.29) is 10.6 Å². The molecule has 0 aliphatic carbocycles. The predicted octanol–water partition coefficient (Wildman–Crippen LogP) is 3.97. The van der Waals surface area contributed by atoms with Crippen LogP contribution >= 0.6 is 27.5 Å². The number of anilines is 1. The number of sulfone groups is 1. The maximum Gasteiger partial charge on any atom is 0.182 e. The third-order valence-corrected chi connectivity index (χ3v) is 5.56. The Hall–Kier alpha value is -1.04. The third kappa shape index (κ3) is 3.34. The fraction of sp³-hybridized carbons (Fsp3) is 0.143. The zero-order valence-electron chi connectivity index (χ0n) is 10.7. The molecule has 2 rings (SSSR count). The minimum Gasteiger partial charge on any atom is -0.399 e. The van der Waals surface area contributed by atoms with Crippen molar-refractivity contribution in [3.8, 4) is 0 Å². The number of aryl methyl sites for hydroxylation is 1. The van der Waals surface area contributed by atoms with Crippen LogP contribution in [-0.2, 0) is 15.6 Å². The topological polar surface area (TPSA) is 60.2 Å². The van der Waals surface area contributed by atoms with Gasteiger partial charge in [-0.2, -0.15) is 0 Å². The molecule has 0 spiro atoms. The van der Waals surface area contributed by atoms with Crippen molar-refractivity contribution in [2.24, 2.45) is 0 Å². The van der Waals surface area contributed by atoms with Crippen molar-refractivity contribution in [3.63, 3.8) is 0 Å². The first-order valence-electron chi connectivity index (χ1n) is 5.82. The molecule has 0 saturated heterocycles. The molecule has 0 radical (unpaired) electrons. The van der Waals surface area contributed by atoms with E-state index in [1.807, 2.05) is 0 Å². The number of halogens is 2. The molecule has 0 saturated carbocycles. The van der Waals surface area contributed by atoms with Gasteiger partial charge in [0.1, 0.15) is 0 Å². The lowest BCUT2D eigenvalue weighted by molar-refractivity contribution is 0.594. The van der Waals surface area contributed by atoms with E-state index in [1.165, 1.54) is 6.07 Å². The molecule has 0 aliphatic heterocycles. The van der Waals surface area contributed by atoms with Crippen molar-refractivity contribution >= 4 is 43.1 Å². The average molecular weight is 375 g/mol. The highest BCUT2D eigenvalue weighted by molar-refractivity contribution is 9.10. The van der Waals surface area contributed by atoms with Crippen LogP contribution in [0.2, 0.25) is 5.02 Å². The second-order valence-corrected chi connectivity index (χ2v) is 7.80. The summed E-state index contributed by atoms with van der Waals surface area (Å²) in [5.74, 6) is -0.135. The molecule has 20 heavy (non-hydrogen) atoms. The van der Waals surface area contributed by atoms with Crippen LogP contribution < -0.4 is 5.73 Å². The number of benzene rings is 2. The Balaban J connectivity index is 2.41. The molecular weight excluding hydrogens is 362 g/mol. The summed E-state index contributed by atoms with van der Waals surface area (Å²) in [5, 5.41) is 0.427. The van der Waals surface area contributed by atoms with Gasteiger partial charge in [-0.1, -0.05) is 33.6 Å².